The normalized spacial score (nSPS) is 22.6. The van der Waals surface area contributed by atoms with Crippen LogP contribution >= 0.6 is 0 Å². The fourth-order valence-electron chi connectivity index (χ4n) is 2.83. The summed E-state index contributed by atoms with van der Waals surface area (Å²) < 4.78 is 8.29. The first-order valence-corrected chi connectivity index (χ1v) is 8.18. The van der Waals surface area contributed by atoms with E-state index in [-0.39, 0.29) is 0 Å². The lowest BCUT2D eigenvalue weighted by Crippen LogP contribution is -2.28. The molecule has 1 aliphatic rings. The molecule has 0 amide bonds. The molecule has 4 nitrogen and oxygen atoms in total. The first-order chi connectivity index (χ1) is 9.76. The summed E-state index contributed by atoms with van der Waals surface area (Å²) in [6.45, 7) is 9.54. The highest BCUT2D eigenvalue weighted by molar-refractivity contribution is 5.10. The van der Waals surface area contributed by atoms with E-state index in [1.807, 2.05) is 0 Å². The van der Waals surface area contributed by atoms with Crippen LogP contribution in [0.2, 0.25) is 0 Å². The maximum absolute atomic E-state index is 6.13. The number of rotatable bonds is 8. The van der Waals surface area contributed by atoms with Gasteiger partial charge in [-0.25, -0.2) is 0 Å². The lowest BCUT2D eigenvalue weighted by Gasteiger charge is -2.15. The molecule has 0 aliphatic carbocycles. The Balaban J connectivity index is 1.83. The highest BCUT2D eigenvalue weighted by Gasteiger charge is 2.25. The Morgan fingerprint density at radius 2 is 2.05 bits per heavy atom. The number of nitrogens with one attached hydrogen (secondary N) is 1. The van der Waals surface area contributed by atoms with E-state index in [1.54, 1.807) is 0 Å². The van der Waals surface area contributed by atoms with Crippen LogP contribution < -0.4 is 5.32 Å². The van der Waals surface area contributed by atoms with Crippen LogP contribution in [0.4, 0.5) is 0 Å². The minimum Gasteiger partial charge on any atom is -0.372 e. The Morgan fingerprint density at radius 1 is 1.25 bits per heavy atom. The van der Waals surface area contributed by atoms with E-state index in [0.717, 1.165) is 38.9 Å². The molecule has 20 heavy (non-hydrogen) atoms. The van der Waals surface area contributed by atoms with Crippen molar-refractivity contribution in [2.45, 2.75) is 71.6 Å². The van der Waals surface area contributed by atoms with E-state index in [2.05, 4.69) is 41.9 Å². The van der Waals surface area contributed by atoms with Gasteiger partial charge in [0.15, 0.2) is 0 Å². The summed E-state index contributed by atoms with van der Waals surface area (Å²) in [7, 11) is 0. The largest absolute Gasteiger partial charge is 0.372 e. The summed E-state index contributed by atoms with van der Waals surface area (Å²) in [6, 6.07) is 2.23. The third-order valence-corrected chi connectivity index (χ3v) is 4.01. The van der Waals surface area contributed by atoms with E-state index in [1.165, 1.54) is 24.2 Å². The van der Waals surface area contributed by atoms with Crippen molar-refractivity contribution in [1.82, 2.24) is 15.1 Å². The molecule has 114 valence electrons. The van der Waals surface area contributed by atoms with Gasteiger partial charge in [-0.1, -0.05) is 20.8 Å². The van der Waals surface area contributed by atoms with Gasteiger partial charge in [-0.2, -0.15) is 5.10 Å². The zero-order valence-electron chi connectivity index (χ0n) is 13.2. The second-order valence-electron chi connectivity index (χ2n) is 5.68. The smallest absolute Gasteiger partial charge is 0.0776 e. The summed E-state index contributed by atoms with van der Waals surface area (Å²) in [4.78, 5) is 0. The third kappa shape index (κ3) is 4.06. The van der Waals surface area contributed by atoms with Crippen LogP contribution in [0.15, 0.2) is 6.07 Å². The Kier molecular flexibility index (Phi) is 6.05. The van der Waals surface area contributed by atoms with E-state index >= 15 is 0 Å². The fraction of sp³-hybridized carbons (Fsp3) is 0.812. The standard InChI is InChI=1S/C16H29N3O/c1-4-9-17-11-15-7-8-16(20-15)12-19-14(6-3)10-13(5-2)18-19/h10,15-17H,4-9,11-12H2,1-3H3. The number of aryl methyl sites for hydroxylation is 2. The zero-order chi connectivity index (χ0) is 14.4. The topological polar surface area (TPSA) is 39.1 Å². The molecule has 1 aromatic rings. The zero-order valence-corrected chi connectivity index (χ0v) is 13.2. The number of ether oxygens (including phenoxy) is 1. The SMILES string of the molecule is CCCNCC1CCC(Cn2nc(CC)cc2CC)O1. The fourth-order valence-corrected chi connectivity index (χ4v) is 2.83. The molecule has 0 saturated carbocycles. The van der Waals surface area contributed by atoms with Crippen molar-refractivity contribution in [3.8, 4) is 0 Å². The maximum Gasteiger partial charge on any atom is 0.0776 e. The van der Waals surface area contributed by atoms with E-state index in [9.17, 15) is 0 Å². The van der Waals surface area contributed by atoms with Gasteiger partial charge >= 0.3 is 0 Å². The second kappa shape index (κ2) is 7.79. The second-order valence-corrected chi connectivity index (χ2v) is 5.68. The molecule has 2 rings (SSSR count). The van der Waals surface area contributed by atoms with Gasteiger partial charge < -0.3 is 10.1 Å². The first-order valence-electron chi connectivity index (χ1n) is 8.18. The van der Waals surface area contributed by atoms with Gasteiger partial charge in [0, 0.05) is 12.2 Å². The number of hydrogen-bond donors (Lipinski definition) is 1. The van der Waals surface area contributed by atoms with Crippen LogP contribution in [-0.2, 0) is 24.1 Å². The van der Waals surface area contributed by atoms with Gasteiger partial charge in [0.25, 0.3) is 0 Å². The summed E-state index contributed by atoms with van der Waals surface area (Å²) in [5.74, 6) is 0. The van der Waals surface area contributed by atoms with Gasteiger partial charge in [0.1, 0.15) is 0 Å². The van der Waals surface area contributed by atoms with Crippen molar-refractivity contribution in [3.63, 3.8) is 0 Å². The molecule has 4 heteroatoms. The molecular formula is C16H29N3O. The molecule has 2 heterocycles. The first kappa shape index (κ1) is 15.5. The summed E-state index contributed by atoms with van der Waals surface area (Å²) in [6.07, 6.45) is 6.28. The molecule has 1 N–H and O–H groups in total. The third-order valence-electron chi connectivity index (χ3n) is 4.01. The average molecular weight is 279 g/mol. The van der Waals surface area contributed by atoms with E-state index < -0.39 is 0 Å². The van der Waals surface area contributed by atoms with Crippen LogP contribution in [0.1, 0.15) is 51.4 Å². The molecule has 1 aromatic heterocycles. The van der Waals surface area contributed by atoms with Crippen molar-refractivity contribution < 1.29 is 4.74 Å². The van der Waals surface area contributed by atoms with Crippen molar-refractivity contribution >= 4 is 0 Å². The summed E-state index contributed by atoms with van der Waals surface area (Å²) >= 11 is 0. The quantitative estimate of drug-likeness (QED) is 0.743. The van der Waals surface area contributed by atoms with Crippen molar-refractivity contribution in [2.24, 2.45) is 0 Å². The maximum atomic E-state index is 6.13. The van der Waals surface area contributed by atoms with Crippen molar-refractivity contribution in [1.29, 1.82) is 0 Å². The van der Waals surface area contributed by atoms with Gasteiger partial charge in [-0.05, 0) is 44.7 Å². The van der Waals surface area contributed by atoms with Crippen LogP contribution in [0.25, 0.3) is 0 Å². The molecule has 0 aromatic carbocycles. The van der Waals surface area contributed by atoms with Gasteiger partial charge in [0.05, 0.1) is 24.4 Å². The Morgan fingerprint density at radius 3 is 2.75 bits per heavy atom. The Hall–Kier alpha value is -0.870. The van der Waals surface area contributed by atoms with Crippen molar-refractivity contribution in [2.75, 3.05) is 13.1 Å². The molecule has 1 aliphatic heterocycles. The van der Waals surface area contributed by atoms with Gasteiger partial charge in [0.2, 0.25) is 0 Å². The van der Waals surface area contributed by atoms with E-state index in [0.29, 0.717) is 12.2 Å². The predicted molar refractivity (Wildman–Crippen MR) is 82.0 cm³/mol. The molecule has 0 bridgehead atoms. The predicted octanol–water partition coefficient (Wildman–Crippen LogP) is 2.56. The molecule has 0 radical (unpaired) electrons. The van der Waals surface area contributed by atoms with Gasteiger partial charge in [-0.3, -0.25) is 4.68 Å². The monoisotopic (exact) mass is 279 g/mol. The minimum atomic E-state index is 0.332. The van der Waals surface area contributed by atoms with Crippen LogP contribution in [-0.4, -0.2) is 35.1 Å². The lowest BCUT2D eigenvalue weighted by atomic mass is 10.2. The lowest BCUT2D eigenvalue weighted by molar-refractivity contribution is 0.0338. The highest BCUT2D eigenvalue weighted by atomic mass is 16.5. The van der Waals surface area contributed by atoms with Crippen molar-refractivity contribution in [3.05, 3.63) is 17.5 Å². The molecule has 1 saturated heterocycles. The highest BCUT2D eigenvalue weighted by Crippen LogP contribution is 2.21. The summed E-state index contributed by atoms with van der Waals surface area (Å²) in [5, 5.41) is 8.13. The molecule has 0 spiro atoms. The van der Waals surface area contributed by atoms with Crippen LogP contribution in [0.3, 0.4) is 0 Å². The Bertz CT molecular complexity index is 402. The van der Waals surface area contributed by atoms with E-state index in [4.69, 9.17) is 4.74 Å². The molecule has 2 atom stereocenters. The molecule has 2 unspecified atom stereocenters. The minimum absolute atomic E-state index is 0.332. The average Bonchev–Trinajstić information content (AvgIpc) is 3.06. The molecular weight excluding hydrogens is 250 g/mol. The van der Waals surface area contributed by atoms with Gasteiger partial charge in [-0.15, -0.1) is 0 Å². The number of aromatic nitrogens is 2. The van der Waals surface area contributed by atoms with Crippen LogP contribution in [0.5, 0.6) is 0 Å². The Labute approximate surface area is 122 Å². The number of hydrogen-bond acceptors (Lipinski definition) is 3. The summed E-state index contributed by atoms with van der Waals surface area (Å²) in [5.41, 5.74) is 2.53. The molecule has 1 fully saturated rings. The number of nitrogens with zero attached hydrogens (tertiary/aromatic N) is 2. The van der Waals surface area contributed by atoms with Crippen LogP contribution in [0, 0.1) is 0 Å².